The second kappa shape index (κ2) is 8.85. The molecule has 1 aromatic heterocycles. The van der Waals surface area contributed by atoms with Crippen LogP contribution in [0.3, 0.4) is 0 Å². The summed E-state index contributed by atoms with van der Waals surface area (Å²) < 4.78 is 28.7. The average molecular weight is 456 g/mol. The Morgan fingerprint density at radius 3 is 2.34 bits per heavy atom. The maximum Gasteiger partial charge on any atom is 0.254 e. The van der Waals surface area contributed by atoms with Crippen LogP contribution in [0.4, 0.5) is 5.69 Å². The van der Waals surface area contributed by atoms with Gasteiger partial charge in [0.2, 0.25) is 15.9 Å². The van der Waals surface area contributed by atoms with Gasteiger partial charge in [-0.1, -0.05) is 6.07 Å². The molecule has 2 heterocycles. The van der Waals surface area contributed by atoms with Gasteiger partial charge < -0.3 is 10.2 Å². The van der Waals surface area contributed by atoms with Crippen LogP contribution in [0.15, 0.2) is 59.8 Å². The number of nitrogens with zero attached hydrogens (tertiary/aromatic N) is 6. The first kappa shape index (κ1) is 21.6. The third-order valence-electron chi connectivity index (χ3n) is 5.04. The molecule has 2 amide bonds. The van der Waals surface area contributed by atoms with E-state index < -0.39 is 10.0 Å². The molecule has 2 aromatic carbocycles. The van der Waals surface area contributed by atoms with E-state index in [4.69, 9.17) is 0 Å². The molecule has 12 heteroatoms. The van der Waals surface area contributed by atoms with E-state index in [9.17, 15) is 18.0 Å². The van der Waals surface area contributed by atoms with E-state index >= 15 is 0 Å². The number of aromatic nitrogens is 4. The molecule has 0 saturated carbocycles. The number of carbonyl (C=O) groups is 2. The lowest BCUT2D eigenvalue weighted by Gasteiger charge is -2.34. The number of amides is 2. The van der Waals surface area contributed by atoms with Crippen LogP contribution in [0.5, 0.6) is 0 Å². The number of carbonyl (C=O) groups excluding carboxylic acids is 2. The topological polar surface area (TPSA) is 130 Å². The van der Waals surface area contributed by atoms with Crippen molar-refractivity contribution < 1.29 is 18.0 Å². The largest absolute Gasteiger partial charge is 0.336 e. The van der Waals surface area contributed by atoms with E-state index in [1.165, 1.54) is 34.4 Å². The summed E-state index contributed by atoms with van der Waals surface area (Å²) in [6, 6.07) is 12.9. The highest BCUT2D eigenvalue weighted by atomic mass is 32.2. The average Bonchev–Trinajstić information content (AvgIpc) is 3.34. The second-order valence-corrected chi connectivity index (χ2v) is 9.14. The Morgan fingerprint density at radius 2 is 1.72 bits per heavy atom. The van der Waals surface area contributed by atoms with E-state index in [2.05, 4.69) is 20.8 Å². The molecule has 1 aliphatic heterocycles. The molecule has 1 N–H and O–H groups in total. The predicted octanol–water partition coefficient (Wildman–Crippen LogP) is 0.767. The van der Waals surface area contributed by atoms with Gasteiger partial charge in [0.15, 0.2) is 0 Å². The quantitative estimate of drug-likeness (QED) is 0.601. The molecule has 1 fully saturated rings. The lowest BCUT2D eigenvalue weighted by atomic mass is 10.1. The third-order valence-corrected chi connectivity index (χ3v) is 6.96. The van der Waals surface area contributed by atoms with Gasteiger partial charge in [0, 0.05) is 44.4 Å². The molecule has 166 valence electrons. The highest BCUT2D eigenvalue weighted by Gasteiger charge is 2.30. The summed E-state index contributed by atoms with van der Waals surface area (Å²) in [7, 11) is -3.70. The lowest BCUT2D eigenvalue weighted by molar-refractivity contribution is -0.114. The van der Waals surface area contributed by atoms with E-state index in [0.29, 0.717) is 16.9 Å². The number of hydrogen-bond donors (Lipinski definition) is 1. The number of sulfonamides is 1. The first-order valence-electron chi connectivity index (χ1n) is 9.85. The monoisotopic (exact) mass is 455 g/mol. The number of hydrogen-bond acceptors (Lipinski definition) is 7. The van der Waals surface area contributed by atoms with Crippen molar-refractivity contribution in [3.8, 4) is 5.69 Å². The number of rotatable bonds is 5. The Morgan fingerprint density at radius 1 is 1.00 bits per heavy atom. The van der Waals surface area contributed by atoms with Crippen molar-refractivity contribution in [3.63, 3.8) is 0 Å². The zero-order valence-electron chi connectivity index (χ0n) is 17.2. The molecular formula is C20H21N7O4S. The summed E-state index contributed by atoms with van der Waals surface area (Å²) in [6.45, 7) is 2.31. The number of benzene rings is 2. The molecule has 4 rings (SSSR count). The standard InChI is InChI=1S/C20H21N7O4S/c1-15(28)22-17-5-7-19(8-6-17)32(30,31)26-11-9-25(10-12-26)20(29)16-3-2-4-18(13-16)27-14-21-23-24-27/h2-8,13-14H,9-12H2,1H3,(H,22,28). The maximum absolute atomic E-state index is 13.0. The molecule has 0 spiro atoms. The van der Waals surface area contributed by atoms with Crippen LogP contribution in [-0.2, 0) is 14.8 Å². The summed E-state index contributed by atoms with van der Waals surface area (Å²) in [5.41, 5.74) is 1.66. The molecule has 1 saturated heterocycles. The SMILES string of the molecule is CC(=O)Nc1ccc(S(=O)(=O)N2CCN(C(=O)c3cccc(-n4cnnn4)c3)CC2)cc1. The summed E-state index contributed by atoms with van der Waals surface area (Å²) >= 11 is 0. The van der Waals surface area contributed by atoms with Crippen molar-refractivity contribution in [1.29, 1.82) is 0 Å². The highest BCUT2D eigenvalue weighted by Crippen LogP contribution is 2.21. The minimum Gasteiger partial charge on any atom is -0.336 e. The molecule has 1 aliphatic rings. The van der Waals surface area contributed by atoms with Gasteiger partial charge in [0.1, 0.15) is 6.33 Å². The molecule has 0 bridgehead atoms. The predicted molar refractivity (Wildman–Crippen MR) is 115 cm³/mol. The van der Waals surface area contributed by atoms with Gasteiger partial charge in [-0.25, -0.2) is 13.1 Å². The molecule has 11 nitrogen and oxygen atoms in total. The Bertz CT molecular complexity index is 1220. The van der Waals surface area contributed by atoms with Gasteiger partial charge in [-0.2, -0.15) is 4.31 Å². The normalized spacial score (nSPS) is 14.8. The number of nitrogens with one attached hydrogen (secondary N) is 1. The van der Waals surface area contributed by atoms with Crippen molar-refractivity contribution in [2.24, 2.45) is 0 Å². The van der Waals surface area contributed by atoms with E-state index in [-0.39, 0.29) is 42.9 Å². The Kier molecular flexibility index (Phi) is 5.97. The minimum absolute atomic E-state index is 0.139. The van der Waals surface area contributed by atoms with Gasteiger partial charge in [0.25, 0.3) is 5.91 Å². The highest BCUT2D eigenvalue weighted by molar-refractivity contribution is 7.89. The van der Waals surface area contributed by atoms with Crippen LogP contribution in [0, 0.1) is 0 Å². The Balaban J connectivity index is 1.42. The van der Waals surface area contributed by atoms with Gasteiger partial charge in [-0.15, -0.1) is 5.10 Å². The number of anilines is 1. The van der Waals surface area contributed by atoms with Gasteiger partial charge in [0.05, 0.1) is 10.6 Å². The summed E-state index contributed by atoms with van der Waals surface area (Å²) in [4.78, 5) is 25.8. The number of piperazine rings is 1. The van der Waals surface area contributed by atoms with E-state index in [0.717, 1.165) is 0 Å². The van der Waals surface area contributed by atoms with Crippen LogP contribution in [-0.4, -0.2) is 75.8 Å². The lowest BCUT2D eigenvalue weighted by Crippen LogP contribution is -2.50. The minimum atomic E-state index is -3.70. The van der Waals surface area contributed by atoms with Crippen molar-refractivity contribution in [1.82, 2.24) is 29.4 Å². The summed E-state index contributed by atoms with van der Waals surface area (Å²) in [5, 5.41) is 13.6. The van der Waals surface area contributed by atoms with Crippen LogP contribution < -0.4 is 5.32 Å². The fourth-order valence-corrected chi connectivity index (χ4v) is 4.86. The summed E-state index contributed by atoms with van der Waals surface area (Å²) in [5.74, 6) is -0.415. The van der Waals surface area contributed by atoms with Crippen LogP contribution in [0.1, 0.15) is 17.3 Å². The zero-order chi connectivity index (χ0) is 22.7. The first-order valence-corrected chi connectivity index (χ1v) is 11.3. The van der Waals surface area contributed by atoms with Crippen molar-refractivity contribution >= 4 is 27.5 Å². The van der Waals surface area contributed by atoms with E-state index in [1.807, 2.05) is 0 Å². The van der Waals surface area contributed by atoms with Gasteiger partial charge in [-0.3, -0.25) is 9.59 Å². The van der Waals surface area contributed by atoms with E-state index in [1.54, 1.807) is 41.3 Å². The fourth-order valence-electron chi connectivity index (χ4n) is 3.44. The van der Waals surface area contributed by atoms with Crippen LogP contribution in [0.25, 0.3) is 5.69 Å². The maximum atomic E-state index is 13.0. The molecule has 3 aromatic rings. The van der Waals surface area contributed by atoms with Crippen LogP contribution >= 0.6 is 0 Å². The van der Waals surface area contributed by atoms with Crippen molar-refractivity contribution in [3.05, 3.63) is 60.4 Å². The Labute approximate surface area is 184 Å². The summed E-state index contributed by atoms with van der Waals surface area (Å²) in [6.07, 6.45) is 1.44. The van der Waals surface area contributed by atoms with Crippen molar-refractivity contribution in [2.75, 3.05) is 31.5 Å². The third kappa shape index (κ3) is 4.50. The molecule has 0 aliphatic carbocycles. The molecule has 32 heavy (non-hydrogen) atoms. The molecular weight excluding hydrogens is 434 g/mol. The van der Waals surface area contributed by atoms with Crippen molar-refractivity contribution in [2.45, 2.75) is 11.8 Å². The van der Waals surface area contributed by atoms with Crippen LogP contribution in [0.2, 0.25) is 0 Å². The van der Waals surface area contributed by atoms with Gasteiger partial charge >= 0.3 is 0 Å². The first-order chi connectivity index (χ1) is 15.3. The second-order valence-electron chi connectivity index (χ2n) is 7.21. The fraction of sp³-hybridized carbons (Fsp3) is 0.250. The zero-order valence-corrected chi connectivity index (χ0v) is 18.1. The Hall–Kier alpha value is -3.64. The molecule has 0 radical (unpaired) electrons. The number of tetrazole rings is 1. The molecule has 0 unspecified atom stereocenters. The smallest absolute Gasteiger partial charge is 0.254 e. The van der Waals surface area contributed by atoms with Gasteiger partial charge in [-0.05, 0) is 52.9 Å². The molecule has 0 atom stereocenters.